The lowest BCUT2D eigenvalue weighted by Crippen LogP contribution is -2.39. The minimum atomic E-state index is -0.705. The second-order valence-corrected chi connectivity index (χ2v) is 7.10. The maximum atomic E-state index is 12.5. The van der Waals surface area contributed by atoms with Crippen molar-refractivity contribution in [2.75, 3.05) is 6.61 Å². The van der Waals surface area contributed by atoms with E-state index in [9.17, 15) is 15.0 Å². The van der Waals surface area contributed by atoms with E-state index in [0.717, 1.165) is 24.8 Å². The summed E-state index contributed by atoms with van der Waals surface area (Å²) in [4.78, 5) is 12.5. The van der Waals surface area contributed by atoms with Crippen LogP contribution in [-0.4, -0.2) is 28.8 Å². The third-order valence-electron chi connectivity index (χ3n) is 5.20. The molecule has 4 heteroatoms. The van der Waals surface area contributed by atoms with E-state index in [0.29, 0.717) is 12.8 Å². The zero-order valence-corrected chi connectivity index (χ0v) is 15.0. The number of aliphatic hydroxyl groups is 2. The van der Waals surface area contributed by atoms with Crippen LogP contribution < -0.4 is 5.32 Å². The van der Waals surface area contributed by atoms with Gasteiger partial charge in [-0.3, -0.25) is 4.79 Å². The van der Waals surface area contributed by atoms with Crippen LogP contribution in [0, 0.1) is 0 Å². The quantitative estimate of drug-likeness (QED) is 0.716. The maximum absolute atomic E-state index is 12.5. The highest BCUT2D eigenvalue weighted by atomic mass is 16.3. The van der Waals surface area contributed by atoms with Gasteiger partial charge < -0.3 is 15.5 Å². The van der Waals surface area contributed by atoms with Crippen LogP contribution in [0.15, 0.2) is 54.6 Å². The standard InChI is InChI=1S/C22H27NO3/c24-15-19(14-21(25)17-8-2-1-3-9-17)23-22(26)13-18-11-6-10-16-7-4-5-12-20(16)18/h1-5,7-9,12,18-19,21,24-25H,6,10-11,13-15H2,(H,23,26)/t18-,19+,21+/m0/s1. The summed E-state index contributed by atoms with van der Waals surface area (Å²) in [5.74, 6) is 0.171. The molecule has 3 atom stereocenters. The number of aliphatic hydroxyl groups excluding tert-OH is 2. The molecule has 3 N–H and O–H groups in total. The number of carbonyl (C=O) groups is 1. The Balaban J connectivity index is 1.57. The molecule has 0 heterocycles. The summed E-state index contributed by atoms with van der Waals surface area (Å²) in [6.45, 7) is -0.184. The smallest absolute Gasteiger partial charge is 0.220 e. The molecule has 4 nitrogen and oxygen atoms in total. The fourth-order valence-corrected chi connectivity index (χ4v) is 3.84. The number of hydrogen-bond donors (Lipinski definition) is 3. The van der Waals surface area contributed by atoms with E-state index in [-0.39, 0.29) is 18.4 Å². The normalized spacial score (nSPS) is 18.6. The molecule has 0 spiro atoms. The molecule has 0 saturated heterocycles. The average molecular weight is 353 g/mol. The summed E-state index contributed by atoms with van der Waals surface area (Å²) in [6.07, 6.45) is 3.22. The van der Waals surface area contributed by atoms with E-state index >= 15 is 0 Å². The van der Waals surface area contributed by atoms with Crippen molar-refractivity contribution in [2.24, 2.45) is 0 Å². The highest BCUT2D eigenvalue weighted by Crippen LogP contribution is 2.33. The molecule has 0 saturated carbocycles. The molecule has 0 fully saturated rings. The van der Waals surface area contributed by atoms with Crippen LogP contribution in [0.25, 0.3) is 0 Å². The minimum Gasteiger partial charge on any atom is -0.394 e. The maximum Gasteiger partial charge on any atom is 0.220 e. The first-order valence-electron chi connectivity index (χ1n) is 9.38. The Hall–Kier alpha value is -2.17. The lowest BCUT2D eigenvalue weighted by atomic mass is 9.81. The number of rotatable bonds is 7. The van der Waals surface area contributed by atoms with Crippen LogP contribution in [0.4, 0.5) is 0 Å². The second kappa shape index (κ2) is 8.97. The number of hydrogen-bond acceptors (Lipinski definition) is 3. The monoisotopic (exact) mass is 353 g/mol. The molecule has 0 bridgehead atoms. The average Bonchev–Trinajstić information content (AvgIpc) is 2.68. The van der Waals surface area contributed by atoms with Gasteiger partial charge in [0, 0.05) is 6.42 Å². The Morgan fingerprint density at radius 3 is 2.62 bits per heavy atom. The lowest BCUT2D eigenvalue weighted by Gasteiger charge is -2.26. The number of benzene rings is 2. The first-order valence-corrected chi connectivity index (χ1v) is 9.38. The minimum absolute atomic E-state index is 0.0639. The molecule has 0 aliphatic heterocycles. The van der Waals surface area contributed by atoms with E-state index in [2.05, 4.69) is 17.4 Å². The lowest BCUT2D eigenvalue weighted by molar-refractivity contribution is -0.122. The largest absolute Gasteiger partial charge is 0.394 e. The van der Waals surface area contributed by atoms with Crippen molar-refractivity contribution in [1.29, 1.82) is 0 Å². The molecule has 2 aromatic rings. The van der Waals surface area contributed by atoms with Gasteiger partial charge in [-0.05, 0) is 48.3 Å². The molecule has 2 aromatic carbocycles. The van der Waals surface area contributed by atoms with Gasteiger partial charge in [0.05, 0.1) is 18.8 Å². The second-order valence-electron chi connectivity index (χ2n) is 7.10. The van der Waals surface area contributed by atoms with Crippen LogP contribution in [0.3, 0.4) is 0 Å². The first kappa shape index (κ1) is 18.6. The van der Waals surface area contributed by atoms with Gasteiger partial charge in [0.2, 0.25) is 5.91 Å². The van der Waals surface area contributed by atoms with Gasteiger partial charge in [0.1, 0.15) is 0 Å². The van der Waals surface area contributed by atoms with Gasteiger partial charge in [0.15, 0.2) is 0 Å². The van der Waals surface area contributed by atoms with Crippen LogP contribution in [-0.2, 0) is 11.2 Å². The van der Waals surface area contributed by atoms with Crippen molar-refractivity contribution in [3.63, 3.8) is 0 Å². The summed E-state index contributed by atoms with van der Waals surface area (Å²) >= 11 is 0. The summed E-state index contributed by atoms with van der Waals surface area (Å²) in [5, 5.41) is 22.8. The molecular weight excluding hydrogens is 326 g/mol. The topological polar surface area (TPSA) is 69.6 Å². The summed E-state index contributed by atoms with van der Waals surface area (Å²) in [7, 11) is 0. The van der Waals surface area contributed by atoms with E-state index in [1.165, 1.54) is 11.1 Å². The van der Waals surface area contributed by atoms with Gasteiger partial charge in [-0.15, -0.1) is 0 Å². The SMILES string of the molecule is O=C(C[C@@H]1CCCc2ccccc21)N[C@@H](CO)C[C@@H](O)c1ccccc1. The predicted molar refractivity (Wildman–Crippen MR) is 102 cm³/mol. The Morgan fingerprint density at radius 1 is 1.12 bits per heavy atom. The number of amides is 1. The van der Waals surface area contributed by atoms with Crippen LogP contribution in [0.1, 0.15) is 54.4 Å². The molecule has 138 valence electrons. The third kappa shape index (κ3) is 4.71. The fraction of sp³-hybridized carbons (Fsp3) is 0.409. The van der Waals surface area contributed by atoms with Crippen LogP contribution in [0.2, 0.25) is 0 Å². The summed E-state index contributed by atoms with van der Waals surface area (Å²) in [5.41, 5.74) is 3.41. The van der Waals surface area contributed by atoms with Crippen LogP contribution >= 0.6 is 0 Å². The van der Waals surface area contributed by atoms with Gasteiger partial charge >= 0.3 is 0 Å². The third-order valence-corrected chi connectivity index (χ3v) is 5.20. The van der Waals surface area contributed by atoms with E-state index in [1.807, 2.05) is 42.5 Å². The van der Waals surface area contributed by atoms with Gasteiger partial charge in [-0.2, -0.15) is 0 Å². The Morgan fingerprint density at radius 2 is 1.85 bits per heavy atom. The number of carbonyl (C=O) groups excluding carboxylic acids is 1. The molecule has 0 unspecified atom stereocenters. The van der Waals surface area contributed by atoms with Crippen molar-refractivity contribution in [2.45, 2.75) is 50.2 Å². The highest BCUT2D eigenvalue weighted by Gasteiger charge is 2.24. The van der Waals surface area contributed by atoms with Gasteiger partial charge in [0.25, 0.3) is 0 Å². The summed E-state index contributed by atoms with van der Waals surface area (Å²) in [6, 6.07) is 17.2. The highest BCUT2D eigenvalue weighted by molar-refractivity contribution is 5.77. The van der Waals surface area contributed by atoms with E-state index in [1.54, 1.807) is 0 Å². The van der Waals surface area contributed by atoms with Crippen molar-refractivity contribution in [3.8, 4) is 0 Å². The Kier molecular flexibility index (Phi) is 6.42. The molecule has 26 heavy (non-hydrogen) atoms. The van der Waals surface area contributed by atoms with Crippen molar-refractivity contribution in [1.82, 2.24) is 5.32 Å². The Bertz CT molecular complexity index is 716. The van der Waals surface area contributed by atoms with Crippen molar-refractivity contribution < 1.29 is 15.0 Å². The fourth-order valence-electron chi connectivity index (χ4n) is 3.84. The van der Waals surface area contributed by atoms with Gasteiger partial charge in [-0.1, -0.05) is 54.6 Å². The molecule has 1 aliphatic carbocycles. The first-order chi connectivity index (χ1) is 12.7. The molecular formula is C22H27NO3. The molecule has 1 amide bonds. The van der Waals surface area contributed by atoms with E-state index < -0.39 is 12.1 Å². The molecule has 1 aliphatic rings. The number of aryl methyl sites for hydroxylation is 1. The molecule has 3 rings (SSSR count). The summed E-state index contributed by atoms with van der Waals surface area (Å²) < 4.78 is 0. The predicted octanol–water partition coefficient (Wildman–Crippen LogP) is 3.10. The number of fused-ring (bicyclic) bond motifs is 1. The van der Waals surface area contributed by atoms with Crippen molar-refractivity contribution in [3.05, 3.63) is 71.3 Å². The Labute approximate surface area is 154 Å². The zero-order valence-electron chi connectivity index (χ0n) is 15.0. The van der Waals surface area contributed by atoms with Crippen LogP contribution in [0.5, 0.6) is 0 Å². The van der Waals surface area contributed by atoms with E-state index in [4.69, 9.17) is 0 Å². The molecule has 0 radical (unpaired) electrons. The number of nitrogens with one attached hydrogen (secondary N) is 1. The van der Waals surface area contributed by atoms with Crippen molar-refractivity contribution >= 4 is 5.91 Å². The van der Waals surface area contributed by atoms with Gasteiger partial charge in [-0.25, -0.2) is 0 Å². The molecule has 0 aromatic heterocycles. The zero-order chi connectivity index (χ0) is 18.4.